The fourth-order valence-corrected chi connectivity index (χ4v) is 3.45. The third-order valence-electron chi connectivity index (χ3n) is 4.85. The number of morpholine rings is 1. The van der Waals surface area contributed by atoms with Gasteiger partial charge in [-0.25, -0.2) is 14.2 Å². The molecule has 0 radical (unpaired) electrons. The molecular weight excluding hydrogens is 384 g/mol. The predicted octanol–water partition coefficient (Wildman–Crippen LogP) is 0.454. The van der Waals surface area contributed by atoms with Gasteiger partial charge in [-0.15, -0.1) is 0 Å². The van der Waals surface area contributed by atoms with E-state index in [1.165, 1.54) is 19.1 Å². The Morgan fingerprint density at radius 1 is 0.966 bits per heavy atom. The second kappa shape index (κ2) is 8.05. The van der Waals surface area contributed by atoms with E-state index in [0.717, 1.165) is 5.69 Å². The summed E-state index contributed by atoms with van der Waals surface area (Å²) in [6.45, 7) is 2.61. The maximum Gasteiger partial charge on any atom is 0.355 e. The highest BCUT2D eigenvalue weighted by Gasteiger charge is 2.34. The van der Waals surface area contributed by atoms with Crippen LogP contribution in [-0.2, 0) is 28.5 Å². The van der Waals surface area contributed by atoms with E-state index in [1.807, 2.05) is 6.07 Å². The standard InChI is InChI=1S/C18H20N4O7/c1-25-17(23)11-9-28-10-22(16(11)18(24)26-2)13-4-3-12(14-15(13)20-29-19-14)21-5-7-27-8-6-21/h3-4H,5-10H2,1-2H3. The minimum Gasteiger partial charge on any atom is -0.466 e. The lowest BCUT2D eigenvalue weighted by Gasteiger charge is -2.32. The van der Waals surface area contributed by atoms with Crippen LogP contribution in [0.5, 0.6) is 0 Å². The van der Waals surface area contributed by atoms with Crippen LogP contribution in [0.3, 0.4) is 0 Å². The van der Waals surface area contributed by atoms with Crippen molar-refractivity contribution >= 4 is 34.3 Å². The van der Waals surface area contributed by atoms with Crippen molar-refractivity contribution in [2.45, 2.75) is 0 Å². The number of methoxy groups -OCH3 is 2. The Morgan fingerprint density at radius 3 is 2.31 bits per heavy atom. The summed E-state index contributed by atoms with van der Waals surface area (Å²) in [5, 5.41) is 8.08. The third-order valence-corrected chi connectivity index (χ3v) is 4.85. The first-order valence-electron chi connectivity index (χ1n) is 8.98. The molecule has 0 spiro atoms. The summed E-state index contributed by atoms with van der Waals surface area (Å²) in [4.78, 5) is 28.3. The zero-order chi connectivity index (χ0) is 20.4. The zero-order valence-electron chi connectivity index (χ0n) is 16.0. The number of fused-ring (bicyclic) bond motifs is 1. The fourth-order valence-electron chi connectivity index (χ4n) is 3.45. The minimum absolute atomic E-state index is 0.0176. The SMILES string of the molecule is COC(=O)C1=C(C(=O)OC)N(c2ccc(N3CCOCC3)c3nonc23)COC1. The van der Waals surface area contributed by atoms with Gasteiger partial charge in [0.05, 0.1) is 51.0 Å². The molecular formula is C18H20N4O7. The number of benzene rings is 1. The van der Waals surface area contributed by atoms with E-state index < -0.39 is 11.9 Å². The van der Waals surface area contributed by atoms with Gasteiger partial charge >= 0.3 is 11.9 Å². The summed E-state index contributed by atoms with van der Waals surface area (Å²) >= 11 is 0. The Morgan fingerprint density at radius 2 is 1.62 bits per heavy atom. The molecule has 3 heterocycles. The Kier molecular flexibility index (Phi) is 5.32. The van der Waals surface area contributed by atoms with Crippen LogP contribution in [0.1, 0.15) is 0 Å². The number of nitrogens with zero attached hydrogens (tertiary/aromatic N) is 4. The van der Waals surface area contributed by atoms with E-state index in [2.05, 4.69) is 15.2 Å². The molecule has 0 aliphatic carbocycles. The summed E-state index contributed by atoms with van der Waals surface area (Å²) in [7, 11) is 2.48. The molecule has 0 N–H and O–H groups in total. The fraction of sp³-hybridized carbons (Fsp3) is 0.444. The number of anilines is 2. The highest BCUT2D eigenvalue weighted by Crippen LogP contribution is 2.36. The molecule has 29 heavy (non-hydrogen) atoms. The maximum atomic E-state index is 12.5. The van der Waals surface area contributed by atoms with Crippen molar-refractivity contribution < 1.29 is 33.2 Å². The van der Waals surface area contributed by atoms with E-state index in [4.69, 9.17) is 23.6 Å². The quantitative estimate of drug-likeness (QED) is 0.661. The van der Waals surface area contributed by atoms with Gasteiger partial charge in [-0.1, -0.05) is 0 Å². The van der Waals surface area contributed by atoms with Gasteiger partial charge in [-0.2, -0.15) is 0 Å². The number of hydrogen-bond acceptors (Lipinski definition) is 11. The van der Waals surface area contributed by atoms with Crippen LogP contribution in [0.4, 0.5) is 11.4 Å². The van der Waals surface area contributed by atoms with Crippen LogP contribution in [0.25, 0.3) is 11.0 Å². The lowest BCUT2D eigenvalue weighted by atomic mass is 10.1. The van der Waals surface area contributed by atoms with Crippen LogP contribution in [0.15, 0.2) is 28.0 Å². The molecule has 154 valence electrons. The molecule has 1 fully saturated rings. The zero-order valence-corrected chi connectivity index (χ0v) is 16.0. The minimum atomic E-state index is -0.685. The van der Waals surface area contributed by atoms with Crippen LogP contribution >= 0.6 is 0 Å². The van der Waals surface area contributed by atoms with E-state index in [9.17, 15) is 9.59 Å². The third kappa shape index (κ3) is 3.38. The number of carbonyl (C=O) groups excluding carboxylic acids is 2. The molecule has 0 saturated carbocycles. The Hall–Kier alpha value is -3.18. The van der Waals surface area contributed by atoms with Crippen molar-refractivity contribution in [2.24, 2.45) is 0 Å². The van der Waals surface area contributed by atoms with Crippen molar-refractivity contribution in [1.29, 1.82) is 0 Å². The highest BCUT2D eigenvalue weighted by atomic mass is 16.6. The van der Waals surface area contributed by atoms with Crippen LogP contribution in [0, 0.1) is 0 Å². The molecule has 2 aliphatic rings. The van der Waals surface area contributed by atoms with E-state index in [-0.39, 0.29) is 24.6 Å². The van der Waals surface area contributed by atoms with Crippen molar-refractivity contribution in [3.8, 4) is 0 Å². The molecule has 11 nitrogen and oxygen atoms in total. The molecule has 11 heteroatoms. The average molecular weight is 404 g/mol. The first kappa shape index (κ1) is 19.2. The molecule has 1 aromatic carbocycles. The topological polar surface area (TPSA) is 116 Å². The number of rotatable bonds is 4. The summed E-state index contributed by atoms with van der Waals surface area (Å²) in [5.41, 5.74) is 2.42. The Balaban J connectivity index is 1.82. The lowest BCUT2D eigenvalue weighted by molar-refractivity contribution is -0.140. The Bertz CT molecular complexity index is 964. The van der Waals surface area contributed by atoms with Gasteiger partial charge < -0.3 is 28.7 Å². The van der Waals surface area contributed by atoms with Gasteiger partial charge in [-0.3, -0.25) is 0 Å². The molecule has 0 atom stereocenters. The smallest absolute Gasteiger partial charge is 0.355 e. The van der Waals surface area contributed by atoms with Gasteiger partial charge in [0.1, 0.15) is 12.4 Å². The summed E-state index contributed by atoms with van der Waals surface area (Å²) < 4.78 is 25.6. The summed E-state index contributed by atoms with van der Waals surface area (Å²) in [5.74, 6) is -1.36. The molecule has 2 aromatic rings. The Labute approximate surface area is 165 Å². The lowest BCUT2D eigenvalue weighted by Crippen LogP contribution is -2.39. The second-order valence-electron chi connectivity index (χ2n) is 6.38. The first-order valence-corrected chi connectivity index (χ1v) is 8.98. The van der Waals surface area contributed by atoms with Gasteiger partial charge in [0.15, 0.2) is 11.0 Å². The summed E-state index contributed by atoms with van der Waals surface area (Å²) in [6, 6.07) is 3.65. The molecule has 1 saturated heterocycles. The van der Waals surface area contributed by atoms with E-state index in [0.29, 0.717) is 43.0 Å². The van der Waals surface area contributed by atoms with Crippen molar-refractivity contribution in [3.05, 3.63) is 23.4 Å². The largest absolute Gasteiger partial charge is 0.466 e. The predicted molar refractivity (Wildman–Crippen MR) is 99.2 cm³/mol. The first-order chi connectivity index (χ1) is 14.2. The normalized spacial score (nSPS) is 17.6. The van der Waals surface area contributed by atoms with E-state index >= 15 is 0 Å². The molecule has 4 rings (SSSR count). The van der Waals surface area contributed by atoms with Gasteiger partial charge in [0.25, 0.3) is 0 Å². The average Bonchev–Trinajstić information content (AvgIpc) is 3.27. The number of carbonyl (C=O) groups is 2. The molecule has 2 aliphatic heterocycles. The summed E-state index contributed by atoms with van der Waals surface area (Å²) in [6.07, 6.45) is 0. The van der Waals surface area contributed by atoms with Gasteiger partial charge in [0.2, 0.25) is 0 Å². The number of esters is 2. The van der Waals surface area contributed by atoms with Crippen LogP contribution < -0.4 is 9.80 Å². The molecule has 1 aromatic heterocycles. The van der Waals surface area contributed by atoms with Crippen molar-refractivity contribution in [3.63, 3.8) is 0 Å². The van der Waals surface area contributed by atoms with Crippen molar-refractivity contribution in [2.75, 3.05) is 63.7 Å². The van der Waals surface area contributed by atoms with E-state index in [1.54, 1.807) is 6.07 Å². The van der Waals surface area contributed by atoms with Crippen LogP contribution in [0.2, 0.25) is 0 Å². The van der Waals surface area contributed by atoms with Crippen LogP contribution in [-0.4, -0.2) is 76.1 Å². The number of ether oxygens (including phenoxy) is 4. The number of hydrogen-bond donors (Lipinski definition) is 0. The highest BCUT2D eigenvalue weighted by molar-refractivity contribution is 6.06. The van der Waals surface area contributed by atoms with Gasteiger partial charge in [-0.05, 0) is 22.4 Å². The molecule has 0 unspecified atom stereocenters. The molecule has 0 amide bonds. The monoisotopic (exact) mass is 404 g/mol. The number of aromatic nitrogens is 2. The second-order valence-corrected chi connectivity index (χ2v) is 6.38. The maximum absolute atomic E-state index is 12.5. The van der Waals surface area contributed by atoms with Gasteiger partial charge in [0, 0.05) is 13.1 Å². The molecule has 0 bridgehead atoms. The van der Waals surface area contributed by atoms with Crippen molar-refractivity contribution in [1.82, 2.24) is 10.3 Å².